The second-order valence-corrected chi connectivity index (χ2v) is 4.92. The van der Waals surface area contributed by atoms with Gasteiger partial charge in [0.25, 0.3) is 0 Å². The van der Waals surface area contributed by atoms with E-state index < -0.39 is 0 Å². The third-order valence-corrected chi connectivity index (χ3v) is 3.39. The predicted octanol–water partition coefficient (Wildman–Crippen LogP) is 2.30. The monoisotopic (exact) mass is 251 g/mol. The molecule has 18 heavy (non-hydrogen) atoms. The largest absolute Gasteiger partial charge is 0.391 e. The summed E-state index contributed by atoms with van der Waals surface area (Å²) in [4.78, 5) is 13.6. The van der Waals surface area contributed by atoms with Crippen molar-refractivity contribution in [3.05, 3.63) is 29.1 Å². The van der Waals surface area contributed by atoms with Crippen molar-refractivity contribution in [3.63, 3.8) is 0 Å². The number of β-amino-alcohol motifs (C(OH)–C–C–N with tert-alkyl or cyclic N) is 1. The molecular weight excluding hydrogens is 233 g/mol. The van der Waals surface area contributed by atoms with E-state index in [1.807, 2.05) is 4.90 Å². The minimum Gasteiger partial charge on any atom is -0.391 e. The first-order valence-corrected chi connectivity index (χ1v) is 6.23. The van der Waals surface area contributed by atoms with E-state index in [-0.39, 0.29) is 17.7 Å². The molecule has 1 aliphatic heterocycles. The Bertz CT molecular complexity index is 473. The van der Waals surface area contributed by atoms with Crippen molar-refractivity contribution in [2.45, 2.75) is 32.8 Å². The highest BCUT2D eigenvalue weighted by atomic mass is 19.1. The van der Waals surface area contributed by atoms with Gasteiger partial charge in [0.05, 0.1) is 6.10 Å². The predicted molar refractivity (Wildman–Crippen MR) is 68.6 cm³/mol. The smallest absolute Gasteiger partial charge is 0.161 e. The Hall–Kier alpha value is -1.42. The van der Waals surface area contributed by atoms with Gasteiger partial charge in [-0.2, -0.15) is 0 Å². The number of Topliss-reactive ketones (excluding diaryl/α,β-unsaturated/α-hetero) is 1. The van der Waals surface area contributed by atoms with Gasteiger partial charge in [0.1, 0.15) is 5.82 Å². The van der Waals surface area contributed by atoms with E-state index in [0.717, 1.165) is 25.1 Å². The lowest BCUT2D eigenvalue weighted by molar-refractivity contribution is 0.101. The number of carbonyl (C=O) groups is 1. The number of rotatable bonds is 2. The molecule has 0 spiro atoms. The standard InChI is InChI=1S/C14H18FNO2/c1-9-6-14(12(10(2)17)7-13(9)15)16-5-3-4-11(18)8-16/h6-7,11,18H,3-5,8H2,1-2H3. The van der Waals surface area contributed by atoms with Crippen LogP contribution in [0, 0.1) is 12.7 Å². The fourth-order valence-corrected chi connectivity index (χ4v) is 2.38. The van der Waals surface area contributed by atoms with E-state index in [2.05, 4.69) is 0 Å². The Kier molecular flexibility index (Phi) is 3.66. The lowest BCUT2D eigenvalue weighted by atomic mass is 10.0. The number of aliphatic hydroxyl groups excluding tert-OH is 1. The minimum absolute atomic E-state index is 0.149. The molecule has 0 amide bonds. The number of anilines is 1. The van der Waals surface area contributed by atoms with Crippen LogP contribution in [-0.2, 0) is 0 Å². The van der Waals surface area contributed by atoms with Gasteiger partial charge in [-0.15, -0.1) is 0 Å². The maximum absolute atomic E-state index is 13.5. The van der Waals surface area contributed by atoms with Gasteiger partial charge in [0.2, 0.25) is 0 Å². The Morgan fingerprint density at radius 3 is 2.83 bits per heavy atom. The van der Waals surface area contributed by atoms with Crippen LogP contribution in [0.4, 0.5) is 10.1 Å². The number of aliphatic hydroxyl groups is 1. The van der Waals surface area contributed by atoms with Gasteiger partial charge in [-0.1, -0.05) is 0 Å². The summed E-state index contributed by atoms with van der Waals surface area (Å²) in [5.74, 6) is -0.509. The number of piperidine rings is 1. The number of nitrogens with zero attached hydrogens (tertiary/aromatic N) is 1. The highest BCUT2D eigenvalue weighted by Crippen LogP contribution is 2.27. The fraction of sp³-hybridized carbons (Fsp3) is 0.500. The SMILES string of the molecule is CC(=O)c1cc(F)c(C)cc1N1CCCC(O)C1. The van der Waals surface area contributed by atoms with Crippen molar-refractivity contribution in [2.24, 2.45) is 0 Å². The van der Waals surface area contributed by atoms with Gasteiger partial charge in [0.15, 0.2) is 5.78 Å². The van der Waals surface area contributed by atoms with Gasteiger partial charge >= 0.3 is 0 Å². The summed E-state index contributed by atoms with van der Waals surface area (Å²) in [6.45, 7) is 4.42. The summed E-state index contributed by atoms with van der Waals surface area (Å²) >= 11 is 0. The van der Waals surface area contributed by atoms with E-state index in [1.54, 1.807) is 13.0 Å². The number of ketones is 1. The average Bonchev–Trinajstić information content (AvgIpc) is 2.31. The Labute approximate surface area is 106 Å². The lowest BCUT2D eigenvalue weighted by Gasteiger charge is -2.33. The Morgan fingerprint density at radius 2 is 2.22 bits per heavy atom. The molecule has 0 saturated carbocycles. The molecule has 1 saturated heterocycles. The van der Waals surface area contributed by atoms with Crippen LogP contribution in [0.5, 0.6) is 0 Å². The van der Waals surface area contributed by atoms with E-state index in [0.29, 0.717) is 17.7 Å². The van der Waals surface area contributed by atoms with Crippen LogP contribution in [0.15, 0.2) is 12.1 Å². The van der Waals surface area contributed by atoms with Crippen molar-refractivity contribution >= 4 is 11.5 Å². The molecule has 3 nitrogen and oxygen atoms in total. The summed E-state index contributed by atoms with van der Waals surface area (Å²) in [5.41, 5.74) is 1.66. The van der Waals surface area contributed by atoms with Crippen molar-refractivity contribution in [3.8, 4) is 0 Å². The van der Waals surface area contributed by atoms with Crippen molar-refractivity contribution in [2.75, 3.05) is 18.0 Å². The molecule has 1 unspecified atom stereocenters. The van der Waals surface area contributed by atoms with Crippen molar-refractivity contribution in [1.29, 1.82) is 0 Å². The van der Waals surface area contributed by atoms with Crippen molar-refractivity contribution < 1.29 is 14.3 Å². The summed E-state index contributed by atoms with van der Waals surface area (Å²) < 4.78 is 13.5. The Morgan fingerprint density at radius 1 is 1.50 bits per heavy atom. The van der Waals surface area contributed by atoms with E-state index in [1.165, 1.54) is 13.0 Å². The molecule has 2 rings (SSSR count). The number of hydrogen-bond donors (Lipinski definition) is 1. The van der Waals surface area contributed by atoms with Gasteiger partial charge < -0.3 is 10.0 Å². The second kappa shape index (κ2) is 5.06. The quantitative estimate of drug-likeness (QED) is 0.820. The maximum atomic E-state index is 13.5. The number of carbonyl (C=O) groups excluding carboxylic acids is 1. The van der Waals surface area contributed by atoms with Crippen LogP contribution in [0.25, 0.3) is 0 Å². The van der Waals surface area contributed by atoms with Gasteiger partial charge in [0, 0.05) is 24.3 Å². The maximum Gasteiger partial charge on any atom is 0.161 e. The third-order valence-electron chi connectivity index (χ3n) is 3.39. The molecule has 0 aliphatic carbocycles. The molecule has 1 aliphatic rings. The third kappa shape index (κ3) is 2.53. The molecule has 98 valence electrons. The first kappa shape index (κ1) is 13.0. The van der Waals surface area contributed by atoms with E-state index in [9.17, 15) is 14.3 Å². The fourth-order valence-electron chi connectivity index (χ4n) is 2.38. The molecule has 1 aromatic rings. The van der Waals surface area contributed by atoms with E-state index in [4.69, 9.17) is 0 Å². The zero-order chi connectivity index (χ0) is 13.3. The van der Waals surface area contributed by atoms with Crippen LogP contribution < -0.4 is 4.90 Å². The zero-order valence-electron chi connectivity index (χ0n) is 10.7. The van der Waals surface area contributed by atoms with E-state index >= 15 is 0 Å². The normalized spacial score (nSPS) is 20.0. The second-order valence-electron chi connectivity index (χ2n) is 4.92. The van der Waals surface area contributed by atoms with Crippen LogP contribution in [0.3, 0.4) is 0 Å². The Balaban J connectivity index is 2.41. The van der Waals surface area contributed by atoms with Crippen LogP contribution in [0.2, 0.25) is 0 Å². The minimum atomic E-state index is -0.371. The highest BCUT2D eigenvalue weighted by molar-refractivity contribution is 6.00. The number of aryl methyl sites for hydroxylation is 1. The average molecular weight is 251 g/mol. The molecule has 1 heterocycles. The molecule has 1 atom stereocenters. The summed E-state index contributed by atoms with van der Waals surface area (Å²) in [6, 6.07) is 3.00. The first-order chi connectivity index (χ1) is 8.49. The van der Waals surface area contributed by atoms with Crippen molar-refractivity contribution in [1.82, 2.24) is 0 Å². The molecule has 4 heteroatoms. The number of benzene rings is 1. The molecule has 1 fully saturated rings. The molecule has 0 radical (unpaired) electrons. The van der Waals surface area contributed by atoms with Crippen LogP contribution in [-0.4, -0.2) is 30.1 Å². The topological polar surface area (TPSA) is 40.5 Å². The summed E-state index contributed by atoms with van der Waals surface area (Å²) in [6.07, 6.45) is 1.30. The molecule has 0 aromatic heterocycles. The molecular formula is C14H18FNO2. The number of hydrogen-bond acceptors (Lipinski definition) is 3. The molecule has 1 aromatic carbocycles. The van der Waals surface area contributed by atoms with Gasteiger partial charge in [-0.05, 0) is 44.4 Å². The lowest BCUT2D eigenvalue weighted by Crippen LogP contribution is -2.39. The van der Waals surface area contributed by atoms with Gasteiger partial charge in [-0.25, -0.2) is 4.39 Å². The van der Waals surface area contributed by atoms with Crippen LogP contribution >= 0.6 is 0 Å². The molecule has 1 N–H and O–H groups in total. The first-order valence-electron chi connectivity index (χ1n) is 6.23. The highest BCUT2D eigenvalue weighted by Gasteiger charge is 2.22. The number of halogens is 1. The summed E-state index contributed by atoms with van der Waals surface area (Å²) in [5, 5.41) is 9.69. The summed E-state index contributed by atoms with van der Waals surface area (Å²) in [7, 11) is 0. The molecule has 0 bridgehead atoms. The van der Waals surface area contributed by atoms with Crippen LogP contribution in [0.1, 0.15) is 35.7 Å². The zero-order valence-corrected chi connectivity index (χ0v) is 10.7. The van der Waals surface area contributed by atoms with Gasteiger partial charge in [-0.3, -0.25) is 4.79 Å².